The van der Waals surface area contributed by atoms with Gasteiger partial charge in [-0.3, -0.25) is 9.10 Å². The molecule has 7 nitrogen and oxygen atoms in total. The fourth-order valence-corrected chi connectivity index (χ4v) is 4.54. The number of benzene rings is 3. The molecule has 0 spiro atoms. The summed E-state index contributed by atoms with van der Waals surface area (Å²) in [5.74, 6) is 0.227. The van der Waals surface area contributed by atoms with Gasteiger partial charge in [-0.15, -0.1) is 0 Å². The van der Waals surface area contributed by atoms with Gasteiger partial charge in [0.25, 0.3) is 10.0 Å². The third kappa shape index (κ3) is 5.20. The number of aryl methyl sites for hydroxylation is 2. The average Bonchev–Trinajstić information content (AvgIpc) is 2.79. The molecule has 1 amide bonds. The third-order valence-corrected chi connectivity index (χ3v) is 6.66. The summed E-state index contributed by atoms with van der Waals surface area (Å²) < 4.78 is 38.7. The van der Waals surface area contributed by atoms with Crippen LogP contribution in [0.5, 0.6) is 11.5 Å². The van der Waals surface area contributed by atoms with Gasteiger partial charge >= 0.3 is 0 Å². The predicted molar refractivity (Wildman–Crippen MR) is 125 cm³/mol. The molecule has 0 aliphatic rings. The van der Waals surface area contributed by atoms with Crippen LogP contribution in [0.2, 0.25) is 0 Å². The maximum atomic E-state index is 13.6. The average molecular weight is 455 g/mol. The van der Waals surface area contributed by atoms with Crippen molar-refractivity contribution in [3.05, 3.63) is 77.9 Å². The predicted octanol–water partition coefficient (Wildman–Crippen LogP) is 4.15. The van der Waals surface area contributed by atoms with Crippen LogP contribution in [0.15, 0.2) is 71.6 Å². The molecule has 3 rings (SSSR count). The molecule has 3 aromatic carbocycles. The summed E-state index contributed by atoms with van der Waals surface area (Å²) in [4.78, 5) is 12.8. The fraction of sp³-hybridized carbons (Fsp3) is 0.208. The van der Waals surface area contributed by atoms with E-state index in [0.717, 1.165) is 15.4 Å². The first-order valence-electron chi connectivity index (χ1n) is 9.92. The van der Waals surface area contributed by atoms with Crippen molar-refractivity contribution in [3.63, 3.8) is 0 Å². The van der Waals surface area contributed by atoms with Gasteiger partial charge in [0.2, 0.25) is 5.91 Å². The molecule has 0 heterocycles. The highest BCUT2D eigenvalue weighted by atomic mass is 32.2. The van der Waals surface area contributed by atoms with Gasteiger partial charge < -0.3 is 14.8 Å². The lowest BCUT2D eigenvalue weighted by Gasteiger charge is -2.24. The monoisotopic (exact) mass is 454 g/mol. The third-order valence-electron chi connectivity index (χ3n) is 4.89. The number of anilines is 2. The van der Waals surface area contributed by atoms with Gasteiger partial charge in [-0.2, -0.15) is 0 Å². The van der Waals surface area contributed by atoms with Crippen molar-refractivity contribution in [2.24, 2.45) is 0 Å². The highest BCUT2D eigenvalue weighted by Crippen LogP contribution is 2.32. The molecule has 0 aliphatic heterocycles. The first kappa shape index (κ1) is 23.1. The molecule has 0 fully saturated rings. The van der Waals surface area contributed by atoms with Gasteiger partial charge in [0, 0.05) is 11.8 Å². The Balaban J connectivity index is 1.97. The molecule has 0 saturated heterocycles. The minimum absolute atomic E-state index is 0.0149. The zero-order valence-corrected chi connectivity index (χ0v) is 19.3. The summed E-state index contributed by atoms with van der Waals surface area (Å²) in [6, 6.07) is 18.5. The SMILES string of the molecule is COc1ccc(S(=O)(=O)N(CC(=O)Nc2ccc(C)cc2)c2ccc(C)cc2)cc1OC. The molecule has 0 saturated carbocycles. The Bertz CT molecular complexity index is 1190. The molecule has 32 heavy (non-hydrogen) atoms. The van der Waals surface area contributed by atoms with E-state index in [9.17, 15) is 13.2 Å². The molecule has 8 heteroatoms. The van der Waals surface area contributed by atoms with Crippen molar-refractivity contribution < 1.29 is 22.7 Å². The molecule has 0 aromatic heterocycles. The number of nitrogens with zero attached hydrogens (tertiary/aromatic N) is 1. The number of hydrogen-bond donors (Lipinski definition) is 1. The van der Waals surface area contributed by atoms with Crippen LogP contribution < -0.4 is 19.1 Å². The second kappa shape index (κ2) is 9.74. The molecule has 3 aromatic rings. The van der Waals surface area contributed by atoms with Crippen molar-refractivity contribution in [1.29, 1.82) is 0 Å². The molecule has 0 unspecified atom stereocenters. The van der Waals surface area contributed by atoms with Crippen LogP contribution in [0.4, 0.5) is 11.4 Å². The lowest BCUT2D eigenvalue weighted by molar-refractivity contribution is -0.114. The maximum absolute atomic E-state index is 13.6. The van der Waals surface area contributed by atoms with E-state index in [2.05, 4.69) is 5.32 Å². The van der Waals surface area contributed by atoms with Crippen LogP contribution in [0, 0.1) is 13.8 Å². The lowest BCUT2D eigenvalue weighted by Crippen LogP contribution is -2.38. The number of rotatable bonds is 8. The quantitative estimate of drug-likeness (QED) is 0.553. The van der Waals surface area contributed by atoms with E-state index in [0.29, 0.717) is 17.1 Å². The van der Waals surface area contributed by atoms with E-state index < -0.39 is 22.5 Å². The van der Waals surface area contributed by atoms with Gasteiger partial charge in [0.15, 0.2) is 11.5 Å². The van der Waals surface area contributed by atoms with E-state index in [4.69, 9.17) is 9.47 Å². The number of carbonyl (C=O) groups is 1. The molecular formula is C24H26N2O5S. The first-order chi connectivity index (χ1) is 15.2. The van der Waals surface area contributed by atoms with E-state index in [1.807, 2.05) is 26.0 Å². The zero-order chi connectivity index (χ0) is 23.3. The van der Waals surface area contributed by atoms with E-state index >= 15 is 0 Å². The Kier molecular flexibility index (Phi) is 7.05. The molecule has 0 atom stereocenters. The van der Waals surface area contributed by atoms with Gasteiger partial charge in [-0.05, 0) is 50.2 Å². The van der Waals surface area contributed by atoms with Crippen molar-refractivity contribution in [1.82, 2.24) is 0 Å². The molecule has 1 N–H and O–H groups in total. The van der Waals surface area contributed by atoms with Crippen LogP contribution in [0.1, 0.15) is 11.1 Å². The van der Waals surface area contributed by atoms with Crippen molar-refractivity contribution in [3.8, 4) is 11.5 Å². The first-order valence-corrected chi connectivity index (χ1v) is 11.4. The zero-order valence-electron chi connectivity index (χ0n) is 18.5. The van der Waals surface area contributed by atoms with E-state index in [1.54, 1.807) is 36.4 Å². The Morgan fingerprint density at radius 1 is 0.844 bits per heavy atom. The molecule has 0 radical (unpaired) electrons. The maximum Gasteiger partial charge on any atom is 0.264 e. The van der Waals surface area contributed by atoms with E-state index in [1.165, 1.54) is 32.4 Å². The Hall–Kier alpha value is -3.52. The Labute approximate surface area is 188 Å². The largest absolute Gasteiger partial charge is 0.493 e. The minimum atomic E-state index is -4.08. The highest BCUT2D eigenvalue weighted by Gasteiger charge is 2.28. The second-order valence-electron chi connectivity index (χ2n) is 7.28. The summed E-state index contributed by atoms with van der Waals surface area (Å²) in [6.07, 6.45) is 0. The summed E-state index contributed by atoms with van der Waals surface area (Å²) >= 11 is 0. The van der Waals surface area contributed by atoms with Crippen LogP contribution in [0.3, 0.4) is 0 Å². The topological polar surface area (TPSA) is 84.9 Å². The fourth-order valence-electron chi connectivity index (χ4n) is 3.10. The van der Waals surface area contributed by atoms with Crippen LogP contribution in [-0.4, -0.2) is 35.1 Å². The van der Waals surface area contributed by atoms with E-state index in [-0.39, 0.29) is 10.6 Å². The van der Waals surface area contributed by atoms with Gasteiger partial charge in [-0.1, -0.05) is 35.4 Å². The number of sulfonamides is 1. The van der Waals surface area contributed by atoms with Crippen LogP contribution in [-0.2, 0) is 14.8 Å². The molecule has 168 valence electrons. The number of methoxy groups -OCH3 is 2. The van der Waals surface area contributed by atoms with Crippen LogP contribution in [0.25, 0.3) is 0 Å². The lowest BCUT2D eigenvalue weighted by atomic mass is 10.2. The Morgan fingerprint density at radius 2 is 1.41 bits per heavy atom. The number of ether oxygens (including phenoxy) is 2. The summed E-state index contributed by atoms with van der Waals surface area (Å²) in [6.45, 7) is 3.45. The standard InChI is InChI=1S/C24H26N2O5S/c1-17-5-9-19(10-6-17)25-24(27)16-26(20-11-7-18(2)8-12-20)32(28,29)21-13-14-22(30-3)23(15-21)31-4/h5-15H,16H2,1-4H3,(H,25,27). The minimum Gasteiger partial charge on any atom is -0.493 e. The molecule has 0 aliphatic carbocycles. The number of nitrogens with one attached hydrogen (secondary N) is 1. The number of carbonyl (C=O) groups excluding carboxylic acids is 1. The smallest absolute Gasteiger partial charge is 0.264 e. The van der Waals surface area contributed by atoms with Crippen molar-refractivity contribution in [2.45, 2.75) is 18.7 Å². The number of hydrogen-bond acceptors (Lipinski definition) is 5. The molecular weight excluding hydrogens is 428 g/mol. The Morgan fingerprint density at radius 3 is 1.97 bits per heavy atom. The highest BCUT2D eigenvalue weighted by molar-refractivity contribution is 7.92. The summed E-state index contributed by atoms with van der Waals surface area (Å²) in [7, 11) is -1.18. The van der Waals surface area contributed by atoms with Crippen LogP contribution >= 0.6 is 0 Å². The number of amides is 1. The van der Waals surface area contributed by atoms with Gasteiger partial charge in [0.05, 0.1) is 24.8 Å². The summed E-state index contributed by atoms with van der Waals surface area (Å²) in [5.41, 5.74) is 3.00. The summed E-state index contributed by atoms with van der Waals surface area (Å²) in [5, 5.41) is 2.76. The normalized spacial score (nSPS) is 11.0. The second-order valence-corrected chi connectivity index (χ2v) is 9.14. The van der Waals surface area contributed by atoms with Crippen molar-refractivity contribution in [2.75, 3.05) is 30.4 Å². The molecule has 0 bridgehead atoms. The van der Waals surface area contributed by atoms with Gasteiger partial charge in [0.1, 0.15) is 6.54 Å². The van der Waals surface area contributed by atoms with Gasteiger partial charge in [-0.25, -0.2) is 8.42 Å². The van der Waals surface area contributed by atoms with Crippen molar-refractivity contribution >= 4 is 27.3 Å².